The van der Waals surface area contributed by atoms with E-state index in [4.69, 9.17) is 11.6 Å². The average molecular weight is 461 g/mol. The molecule has 4 rings (SSSR count). The van der Waals surface area contributed by atoms with E-state index in [0.29, 0.717) is 18.8 Å². The standard InChI is InChI=1S/C24H33ClN4O3/c1-2-17-7-11-24(12-8-17)22(31)29(23(32)27-24)16-21(30)26-20-9-13-28(14-10-20)15-18-3-5-19(25)6-4-18/h3-6,17,20H,2,7-16H2,1H3,(H,26,30)(H,27,32). The Bertz CT molecular complexity index is 843. The third kappa shape index (κ3) is 5.09. The summed E-state index contributed by atoms with van der Waals surface area (Å²) in [7, 11) is 0. The van der Waals surface area contributed by atoms with Crippen molar-refractivity contribution in [2.75, 3.05) is 19.6 Å². The van der Waals surface area contributed by atoms with E-state index in [-0.39, 0.29) is 24.4 Å². The van der Waals surface area contributed by atoms with Gasteiger partial charge in [-0.2, -0.15) is 0 Å². The lowest BCUT2D eigenvalue weighted by Crippen LogP contribution is -2.51. The van der Waals surface area contributed by atoms with Crippen LogP contribution in [-0.4, -0.2) is 58.9 Å². The van der Waals surface area contributed by atoms with Crippen LogP contribution in [0, 0.1) is 5.92 Å². The third-order valence-electron chi connectivity index (χ3n) is 7.36. The van der Waals surface area contributed by atoms with Crippen LogP contribution in [0.2, 0.25) is 5.02 Å². The molecule has 2 heterocycles. The van der Waals surface area contributed by atoms with Gasteiger partial charge in [-0.25, -0.2) is 4.79 Å². The van der Waals surface area contributed by atoms with Crippen LogP contribution in [0.15, 0.2) is 24.3 Å². The maximum Gasteiger partial charge on any atom is 0.325 e. The molecule has 1 aliphatic carbocycles. The number of urea groups is 1. The Morgan fingerprint density at radius 2 is 1.78 bits per heavy atom. The van der Waals surface area contributed by atoms with Crippen LogP contribution >= 0.6 is 11.6 Å². The number of hydrogen-bond acceptors (Lipinski definition) is 4. The van der Waals surface area contributed by atoms with Crippen molar-refractivity contribution in [3.8, 4) is 0 Å². The first-order valence-electron chi connectivity index (χ1n) is 11.8. The summed E-state index contributed by atoms with van der Waals surface area (Å²) in [6.45, 7) is 4.60. The maximum atomic E-state index is 13.0. The van der Waals surface area contributed by atoms with Crippen LogP contribution in [-0.2, 0) is 16.1 Å². The summed E-state index contributed by atoms with van der Waals surface area (Å²) in [5.74, 6) is 0.127. The Morgan fingerprint density at radius 3 is 2.41 bits per heavy atom. The number of likely N-dealkylation sites (tertiary alicyclic amines) is 1. The first-order valence-corrected chi connectivity index (χ1v) is 12.2. The second kappa shape index (κ2) is 9.79. The summed E-state index contributed by atoms with van der Waals surface area (Å²) in [5.41, 5.74) is 0.424. The summed E-state index contributed by atoms with van der Waals surface area (Å²) in [4.78, 5) is 41.6. The number of imide groups is 1. The van der Waals surface area contributed by atoms with E-state index in [1.54, 1.807) is 0 Å². The third-order valence-corrected chi connectivity index (χ3v) is 7.61. The molecule has 7 nitrogen and oxygen atoms in total. The molecule has 0 radical (unpaired) electrons. The highest BCUT2D eigenvalue weighted by molar-refractivity contribution is 6.30. The largest absolute Gasteiger partial charge is 0.352 e. The highest BCUT2D eigenvalue weighted by Crippen LogP contribution is 2.37. The Kier molecular flexibility index (Phi) is 7.05. The van der Waals surface area contributed by atoms with E-state index in [0.717, 1.165) is 61.7 Å². The number of halogens is 1. The Labute approximate surface area is 194 Å². The lowest BCUT2D eigenvalue weighted by atomic mass is 9.75. The second-order valence-electron chi connectivity index (χ2n) is 9.50. The minimum atomic E-state index is -0.796. The molecule has 3 aliphatic rings. The van der Waals surface area contributed by atoms with Crippen LogP contribution in [0.25, 0.3) is 0 Å². The van der Waals surface area contributed by atoms with Crippen molar-refractivity contribution in [1.29, 1.82) is 0 Å². The van der Waals surface area contributed by atoms with Gasteiger partial charge in [-0.05, 0) is 62.1 Å². The topological polar surface area (TPSA) is 81.8 Å². The van der Waals surface area contributed by atoms with Gasteiger partial charge in [0.15, 0.2) is 0 Å². The normalized spacial score (nSPS) is 27.1. The van der Waals surface area contributed by atoms with Gasteiger partial charge in [0.1, 0.15) is 12.1 Å². The van der Waals surface area contributed by atoms with Crippen molar-refractivity contribution in [2.24, 2.45) is 5.92 Å². The van der Waals surface area contributed by atoms with Gasteiger partial charge in [0.25, 0.3) is 5.91 Å². The van der Waals surface area contributed by atoms with E-state index >= 15 is 0 Å². The zero-order valence-corrected chi connectivity index (χ0v) is 19.5. The first-order chi connectivity index (χ1) is 15.4. The molecule has 0 atom stereocenters. The molecule has 2 aliphatic heterocycles. The molecule has 0 aromatic heterocycles. The van der Waals surface area contributed by atoms with Gasteiger partial charge in [-0.3, -0.25) is 19.4 Å². The van der Waals surface area contributed by atoms with Crippen molar-refractivity contribution >= 4 is 29.4 Å². The monoisotopic (exact) mass is 460 g/mol. The molecule has 1 spiro atoms. The Balaban J connectivity index is 1.23. The molecular weight excluding hydrogens is 428 g/mol. The molecule has 4 amide bonds. The minimum absolute atomic E-state index is 0.0682. The molecule has 0 unspecified atom stereocenters. The number of nitrogens with zero attached hydrogens (tertiary/aromatic N) is 2. The second-order valence-corrected chi connectivity index (χ2v) is 9.94. The summed E-state index contributed by atoms with van der Waals surface area (Å²) >= 11 is 5.95. The quantitative estimate of drug-likeness (QED) is 0.638. The fourth-order valence-electron chi connectivity index (χ4n) is 5.24. The summed E-state index contributed by atoms with van der Waals surface area (Å²) in [6.07, 6.45) is 6.02. The number of amides is 4. The van der Waals surface area contributed by atoms with E-state index in [1.165, 1.54) is 5.56 Å². The van der Waals surface area contributed by atoms with Gasteiger partial charge in [0, 0.05) is 30.7 Å². The van der Waals surface area contributed by atoms with Crippen LogP contribution in [0.1, 0.15) is 57.4 Å². The molecule has 8 heteroatoms. The molecule has 1 aromatic carbocycles. The highest BCUT2D eigenvalue weighted by atomic mass is 35.5. The van der Waals surface area contributed by atoms with Crippen LogP contribution in [0.4, 0.5) is 4.79 Å². The van der Waals surface area contributed by atoms with Gasteiger partial charge < -0.3 is 10.6 Å². The van der Waals surface area contributed by atoms with Crippen molar-refractivity contribution in [1.82, 2.24) is 20.4 Å². The smallest absolute Gasteiger partial charge is 0.325 e. The first kappa shape index (κ1) is 23.1. The summed E-state index contributed by atoms with van der Waals surface area (Å²) in [6, 6.07) is 7.51. The number of rotatable bonds is 6. The molecule has 3 fully saturated rings. The predicted octanol–water partition coefficient (Wildman–Crippen LogP) is 3.31. The number of hydrogen-bond donors (Lipinski definition) is 2. The van der Waals surface area contributed by atoms with Crippen LogP contribution < -0.4 is 10.6 Å². The average Bonchev–Trinajstić information content (AvgIpc) is 3.01. The van der Waals surface area contributed by atoms with E-state index < -0.39 is 11.6 Å². The van der Waals surface area contributed by atoms with Gasteiger partial charge in [0.05, 0.1) is 0 Å². The van der Waals surface area contributed by atoms with E-state index in [9.17, 15) is 14.4 Å². The zero-order chi connectivity index (χ0) is 22.7. The van der Waals surface area contributed by atoms with Gasteiger partial charge in [0.2, 0.25) is 5.91 Å². The van der Waals surface area contributed by atoms with E-state index in [1.807, 2.05) is 24.3 Å². The van der Waals surface area contributed by atoms with Crippen molar-refractivity contribution in [2.45, 2.75) is 70.0 Å². The van der Waals surface area contributed by atoms with Crippen LogP contribution in [0.5, 0.6) is 0 Å². The molecular formula is C24H33ClN4O3. The van der Waals surface area contributed by atoms with Crippen molar-refractivity contribution in [3.05, 3.63) is 34.9 Å². The Hall–Kier alpha value is -2.12. The number of piperidine rings is 1. The SMILES string of the molecule is CCC1CCC2(CC1)NC(=O)N(CC(=O)NC1CCN(Cc3ccc(Cl)cc3)CC1)C2=O. The highest BCUT2D eigenvalue weighted by Gasteiger charge is 2.52. The van der Waals surface area contributed by atoms with Gasteiger partial charge in [-0.15, -0.1) is 0 Å². The van der Waals surface area contributed by atoms with Gasteiger partial charge in [-0.1, -0.05) is 37.1 Å². The van der Waals surface area contributed by atoms with E-state index in [2.05, 4.69) is 22.5 Å². The fraction of sp³-hybridized carbons (Fsp3) is 0.625. The van der Waals surface area contributed by atoms with Crippen LogP contribution in [0.3, 0.4) is 0 Å². The maximum absolute atomic E-state index is 13.0. The lowest BCUT2D eigenvalue weighted by Gasteiger charge is -2.34. The molecule has 2 saturated heterocycles. The molecule has 2 N–H and O–H groups in total. The minimum Gasteiger partial charge on any atom is -0.352 e. The molecule has 1 saturated carbocycles. The Morgan fingerprint density at radius 1 is 1.12 bits per heavy atom. The molecule has 0 bridgehead atoms. The molecule has 174 valence electrons. The predicted molar refractivity (Wildman–Crippen MR) is 123 cm³/mol. The van der Waals surface area contributed by atoms with Crippen molar-refractivity contribution in [3.63, 3.8) is 0 Å². The number of carbonyl (C=O) groups excluding carboxylic acids is 3. The summed E-state index contributed by atoms with van der Waals surface area (Å²) in [5, 5.41) is 6.66. The number of carbonyl (C=O) groups is 3. The zero-order valence-electron chi connectivity index (χ0n) is 18.7. The summed E-state index contributed by atoms with van der Waals surface area (Å²) < 4.78 is 0. The van der Waals surface area contributed by atoms with Crippen molar-refractivity contribution < 1.29 is 14.4 Å². The lowest BCUT2D eigenvalue weighted by molar-refractivity contribution is -0.136. The van der Waals surface area contributed by atoms with Gasteiger partial charge >= 0.3 is 6.03 Å². The number of nitrogens with one attached hydrogen (secondary N) is 2. The molecule has 32 heavy (non-hydrogen) atoms. The fourth-order valence-corrected chi connectivity index (χ4v) is 5.36. The molecule has 1 aromatic rings. The number of benzene rings is 1.